The summed E-state index contributed by atoms with van der Waals surface area (Å²) in [5.41, 5.74) is 9.37. The molecule has 38 heavy (non-hydrogen) atoms. The fraction of sp³-hybridized carbons (Fsp3) is 0.500. The topological polar surface area (TPSA) is 48.7 Å². The van der Waals surface area contributed by atoms with E-state index in [4.69, 9.17) is 10.1 Å². The molecule has 1 aliphatic carbocycles. The van der Waals surface area contributed by atoms with Crippen molar-refractivity contribution in [3.8, 4) is 0 Å². The Bertz CT molecular complexity index is 1360. The highest BCUT2D eigenvalue weighted by molar-refractivity contribution is 5.66. The van der Waals surface area contributed by atoms with Crippen molar-refractivity contribution in [2.45, 2.75) is 70.8 Å². The van der Waals surface area contributed by atoms with Crippen molar-refractivity contribution in [2.24, 2.45) is 5.92 Å². The molecule has 6 rings (SSSR count). The number of likely N-dealkylation sites (N-methyl/N-ethyl adjacent to an activating group) is 1. The molecule has 2 bridgehead atoms. The fourth-order valence-corrected chi connectivity index (χ4v) is 6.57. The van der Waals surface area contributed by atoms with E-state index in [1.807, 2.05) is 0 Å². The van der Waals surface area contributed by atoms with Crippen LogP contribution in [-0.4, -0.2) is 46.2 Å². The van der Waals surface area contributed by atoms with E-state index in [2.05, 4.69) is 84.0 Å². The highest BCUT2D eigenvalue weighted by Crippen LogP contribution is 2.42. The highest BCUT2D eigenvalue weighted by atomic mass is 15.4. The maximum Gasteiger partial charge on any atom is 0.157 e. The lowest BCUT2D eigenvalue weighted by Crippen LogP contribution is -2.33. The van der Waals surface area contributed by atoms with E-state index < -0.39 is 0 Å². The van der Waals surface area contributed by atoms with Gasteiger partial charge in [-0.2, -0.15) is 9.61 Å². The van der Waals surface area contributed by atoms with Gasteiger partial charge in [-0.05, 0) is 69.4 Å². The zero-order chi connectivity index (χ0) is 26.4. The lowest BCUT2D eigenvalue weighted by Gasteiger charge is -2.38. The molecule has 3 aromatic rings. The Morgan fingerprint density at radius 2 is 1.84 bits per heavy atom. The van der Waals surface area contributed by atoms with E-state index in [9.17, 15) is 0 Å². The molecule has 2 fully saturated rings. The van der Waals surface area contributed by atoms with E-state index in [-0.39, 0.29) is 6.04 Å². The van der Waals surface area contributed by atoms with Crippen LogP contribution in [0.15, 0.2) is 49.2 Å². The average Bonchev–Trinajstić information content (AvgIpc) is 3.33. The van der Waals surface area contributed by atoms with Gasteiger partial charge in [-0.1, -0.05) is 37.8 Å². The number of hydrogen-bond donors (Lipinski definition) is 1. The van der Waals surface area contributed by atoms with E-state index in [0.717, 1.165) is 73.4 Å². The monoisotopic (exact) mass is 510 g/mol. The summed E-state index contributed by atoms with van der Waals surface area (Å²) in [7, 11) is 2.17. The van der Waals surface area contributed by atoms with Gasteiger partial charge in [0.2, 0.25) is 0 Å². The maximum atomic E-state index is 5.23. The van der Waals surface area contributed by atoms with Crippen molar-refractivity contribution < 1.29 is 0 Å². The van der Waals surface area contributed by atoms with Crippen LogP contribution in [0.3, 0.4) is 0 Å². The number of hydrogen-bond acceptors (Lipinski definition) is 5. The number of nitrogens with one attached hydrogen (secondary N) is 1. The molecule has 0 amide bonds. The normalized spacial score (nSPS) is 24.7. The summed E-state index contributed by atoms with van der Waals surface area (Å²) in [6.45, 7) is 16.2. The molecule has 1 atom stereocenters. The van der Waals surface area contributed by atoms with E-state index in [0.29, 0.717) is 5.92 Å². The lowest BCUT2D eigenvalue weighted by molar-refractivity contribution is 0.226. The Balaban J connectivity index is 1.46. The molecule has 1 saturated carbocycles. The second-order valence-corrected chi connectivity index (χ2v) is 11.9. The number of benzene rings is 1. The number of allylic oxidation sites excluding steroid dienone is 1. The minimum atomic E-state index is 0.209. The first kappa shape index (κ1) is 25.0. The summed E-state index contributed by atoms with van der Waals surface area (Å²) in [6.07, 6.45) is 7.80. The van der Waals surface area contributed by atoms with Gasteiger partial charge in [0.25, 0.3) is 0 Å². The van der Waals surface area contributed by atoms with E-state index in [1.165, 1.54) is 48.1 Å². The van der Waals surface area contributed by atoms with Crippen LogP contribution in [0.2, 0.25) is 0 Å². The molecule has 1 saturated heterocycles. The van der Waals surface area contributed by atoms with E-state index >= 15 is 0 Å². The Morgan fingerprint density at radius 1 is 1.00 bits per heavy atom. The molecule has 6 heteroatoms. The van der Waals surface area contributed by atoms with Crippen molar-refractivity contribution in [3.63, 3.8) is 0 Å². The van der Waals surface area contributed by atoms with Crippen molar-refractivity contribution in [1.82, 2.24) is 24.8 Å². The van der Waals surface area contributed by atoms with Crippen LogP contribution in [0.25, 0.3) is 11.3 Å². The van der Waals surface area contributed by atoms with Gasteiger partial charge in [-0.3, -0.25) is 0 Å². The molecule has 2 aromatic heterocycles. The molecule has 200 valence electrons. The largest absolute Gasteiger partial charge is 0.387 e. The minimum Gasteiger partial charge on any atom is -0.387 e. The summed E-state index contributed by atoms with van der Waals surface area (Å²) >= 11 is 0. The quantitative estimate of drug-likeness (QED) is 0.420. The van der Waals surface area contributed by atoms with Gasteiger partial charge in [0.15, 0.2) is 5.65 Å². The van der Waals surface area contributed by atoms with Gasteiger partial charge < -0.3 is 15.1 Å². The third kappa shape index (κ3) is 4.70. The molecule has 0 unspecified atom stereocenters. The summed E-state index contributed by atoms with van der Waals surface area (Å²) in [5, 5.41) is 8.81. The molecule has 4 heterocycles. The first-order valence-electron chi connectivity index (χ1n) is 14.5. The Labute approximate surface area is 227 Å². The van der Waals surface area contributed by atoms with Gasteiger partial charge in [0, 0.05) is 67.4 Å². The van der Waals surface area contributed by atoms with Gasteiger partial charge in [0.05, 0.1) is 11.7 Å². The highest BCUT2D eigenvalue weighted by Gasteiger charge is 2.32. The number of rotatable bonds is 1. The SMILES string of the molecule is C=C1CCc2ccc(C)cc2C(=C)N2CCCC[C@H]2c2cc3nc(C4CC(C)C4)cc(n3n2)N(C)CCN1. The third-order valence-corrected chi connectivity index (χ3v) is 8.92. The smallest absolute Gasteiger partial charge is 0.157 e. The summed E-state index contributed by atoms with van der Waals surface area (Å²) in [5.74, 6) is 2.47. The average molecular weight is 511 g/mol. The molecular formula is C32H42N6. The van der Waals surface area contributed by atoms with Crippen molar-refractivity contribution in [3.05, 3.63) is 77.3 Å². The molecule has 0 spiro atoms. The Morgan fingerprint density at radius 3 is 2.66 bits per heavy atom. The number of piperidine rings is 1. The number of fused-ring (bicyclic) bond motifs is 4. The molecule has 1 N–H and O–H groups in total. The number of aryl methyl sites for hydroxylation is 2. The van der Waals surface area contributed by atoms with Gasteiger partial charge >= 0.3 is 0 Å². The van der Waals surface area contributed by atoms with Crippen LogP contribution in [0, 0.1) is 12.8 Å². The van der Waals surface area contributed by atoms with Crippen molar-refractivity contribution >= 4 is 17.2 Å². The van der Waals surface area contributed by atoms with Crippen LogP contribution in [0.4, 0.5) is 5.82 Å². The molecular weight excluding hydrogens is 468 g/mol. The van der Waals surface area contributed by atoms with Crippen molar-refractivity contribution in [1.29, 1.82) is 0 Å². The first-order valence-corrected chi connectivity index (χ1v) is 14.5. The summed E-state index contributed by atoms with van der Waals surface area (Å²) in [6, 6.07) is 11.6. The number of nitrogens with zero attached hydrogens (tertiary/aromatic N) is 5. The van der Waals surface area contributed by atoms with Crippen LogP contribution in [0.1, 0.15) is 85.5 Å². The lowest BCUT2D eigenvalue weighted by atomic mass is 9.74. The second-order valence-electron chi connectivity index (χ2n) is 11.9. The standard InChI is InChI=1S/C32H42N6/c1-21-9-11-25-12-10-23(3)33-13-15-36(5)32-20-28(26-16-22(2)17-26)34-31-19-29(35-38(31)32)30-8-6-7-14-37(30)24(4)27(25)18-21/h9,11,18-20,22,26,30,33H,3-4,6-8,10,12-17H2,1-2,5H3/t22?,26?,30-/m0/s1. The molecule has 3 aliphatic rings. The predicted molar refractivity (Wildman–Crippen MR) is 156 cm³/mol. The zero-order valence-corrected chi connectivity index (χ0v) is 23.3. The van der Waals surface area contributed by atoms with E-state index in [1.54, 1.807) is 0 Å². The fourth-order valence-electron chi connectivity index (χ4n) is 6.57. The maximum absolute atomic E-state index is 5.23. The zero-order valence-electron chi connectivity index (χ0n) is 23.3. The van der Waals surface area contributed by atoms with Crippen LogP contribution in [0.5, 0.6) is 0 Å². The van der Waals surface area contributed by atoms with Crippen LogP contribution in [-0.2, 0) is 6.42 Å². The Kier molecular flexibility index (Phi) is 6.67. The summed E-state index contributed by atoms with van der Waals surface area (Å²) in [4.78, 5) is 10.00. The van der Waals surface area contributed by atoms with Crippen molar-refractivity contribution in [2.75, 3.05) is 31.6 Å². The summed E-state index contributed by atoms with van der Waals surface area (Å²) < 4.78 is 2.08. The molecule has 0 radical (unpaired) electrons. The minimum absolute atomic E-state index is 0.209. The molecule has 6 nitrogen and oxygen atoms in total. The second kappa shape index (κ2) is 10.1. The van der Waals surface area contributed by atoms with Gasteiger partial charge in [0.1, 0.15) is 5.82 Å². The first-order chi connectivity index (χ1) is 18.4. The van der Waals surface area contributed by atoms with Gasteiger partial charge in [-0.15, -0.1) is 0 Å². The predicted octanol–water partition coefficient (Wildman–Crippen LogP) is 6.23. The van der Waals surface area contributed by atoms with Crippen LogP contribution >= 0.6 is 0 Å². The number of aromatic nitrogens is 3. The van der Waals surface area contributed by atoms with Gasteiger partial charge in [-0.25, -0.2) is 4.98 Å². The molecule has 1 aromatic carbocycles. The third-order valence-electron chi connectivity index (χ3n) is 8.92. The Hall–Kier alpha value is -3.28. The van der Waals surface area contributed by atoms with Crippen LogP contribution < -0.4 is 10.2 Å². The molecule has 2 aliphatic heterocycles. The number of anilines is 1.